The van der Waals surface area contributed by atoms with E-state index in [9.17, 15) is 0 Å². The molecule has 4 nitrogen and oxygen atoms in total. The van der Waals surface area contributed by atoms with Gasteiger partial charge in [-0.05, 0) is 38.3 Å². The smallest absolute Gasteiger partial charge is 0.149 e. The van der Waals surface area contributed by atoms with Crippen LogP contribution >= 0.6 is 0 Å². The van der Waals surface area contributed by atoms with Crippen molar-refractivity contribution in [3.63, 3.8) is 0 Å². The third kappa shape index (κ3) is 2.85. The van der Waals surface area contributed by atoms with E-state index in [2.05, 4.69) is 10.3 Å². The summed E-state index contributed by atoms with van der Waals surface area (Å²) in [5.41, 5.74) is 7.51. The number of hydrogen-bond acceptors (Lipinski definition) is 4. The van der Waals surface area contributed by atoms with Gasteiger partial charge < -0.3 is 15.8 Å². The van der Waals surface area contributed by atoms with E-state index in [0.29, 0.717) is 11.8 Å². The summed E-state index contributed by atoms with van der Waals surface area (Å²) >= 11 is 0. The van der Waals surface area contributed by atoms with E-state index in [0.717, 1.165) is 31.1 Å². The van der Waals surface area contributed by atoms with Gasteiger partial charge in [-0.2, -0.15) is 0 Å². The topological polar surface area (TPSA) is 60.2 Å². The lowest BCUT2D eigenvalue weighted by atomic mass is 10.2. The van der Waals surface area contributed by atoms with Crippen LogP contribution in [0.15, 0.2) is 12.1 Å². The Morgan fingerprint density at radius 2 is 2.44 bits per heavy atom. The summed E-state index contributed by atoms with van der Waals surface area (Å²) in [6.45, 7) is 3.74. The lowest BCUT2D eigenvalue weighted by Gasteiger charge is -2.12. The molecule has 88 valence electrons. The van der Waals surface area contributed by atoms with Crippen molar-refractivity contribution in [1.29, 1.82) is 0 Å². The van der Waals surface area contributed by atoms with E-state index in [4.69, 9.17) is 10.5 Å². The second kappa shape index (κ2) is 5.16. The zero-order valence-corrected chi connectivity index (χ0v) is 9.70. The molecule has 4 heteroatoms. The van der Waals surface area contributed by atoms with E-state index in [1.165, 1.54) is 12.8 Å². The van der Waals surface area contributed by atoms with E-state index in [1.807, 2.05) is 19.1 Å². The maximum absolute atomic E-state index is 5.83. The number of nitrogens with one attached hydrogen (secondary N) is 1. The molecule has 2 heterocycles. The van der Waals surface area contributed by atoms with Gasteiger partial charge in [0.15, 0.2) is 0 Å². The van der Waals surface area contributed by atoms with Crippen LogP contribution in [0.25, 0.3) is 0 Å². The summed E-state index contributed by atoms with van der Waals surface area (Å²) in [5.74, 6) is 0.790. The van der Waals surface area contributed by atoms with E-state index in [1.54, 1.807) is 0 Å². The first-order valence-electron chi connectivity index (χ1n) is 5.84. The Bertz CT molecular complexity index is 348. The Kier molecular flexibility index (Phi) is 3.62. The molecule has 1 aromatic heterocycles. The lowest BCUT2D eigenvalue weighted by molar-refractivity contribution is 0.107. The molecule has 1 aliphatic heterocycles. The number of pyridine rings is 1. The first-order chi connectivity index (χ1) is 7.75. The molecule has 0 bridgehead atoms. The predicted molar refractivity (Wildman–Crippen MR) is 65.5 cm³/mol. The standard InChI is InChI=1S/C12H19N3O/c1-9-4-5-11(13)12(15-9)14-7-6-10-3-2-8-16-10/h4-5,10H,2-3,6-8,13H2,1H3,(H,14,15). The maximum atomic E-state index is 5.83. The number of hydrogen-bond donors (Lipinski definition) is 2. The van der Waals surface area contributed by atoms with Crippen LogP contribution in [0.2, 0.25) is 0 Å². The molecule has 1 unspecified atom stereocenters. The highest BCUT2D eigenvalue weighted by Gasteiger charge is 2.14. The Morgan fingerprint density at radius 3 is 3.19 bits per heavy atom. The summed E-state index contributed by atoms with van der Waals surface area (Å²) < 4.78 is 5.55. The minimum Gasteiger partial charge on any atom is -0.396 e. The molecule has 1 fully saturated rings. The Labute approximate surface area is 96.2 Å². The minimum absolute atomic E-state index is 0.415. The SMILES string of the molecule is Cc1ccc(N)c(NCCC2CCCO2)n1. The second-order valence-electron chi connectivity index (χ2n) is 4.24. The molecule has 1 atom stereocenters. The molecular weight excluding hydrogens is 202 g/mol. The molecule has 0 radical (unpaired) electrons. The average molecular weight is 221 g/mol. The van der Waals surface area contributed by atoms with Gasteiger partial charge in [0, 0.05) is 18.8 Å². The Hall–Kier alpha value is -1.29. The van der Waals surface area contributed by atoms with E-state index >= 15 is 0 Å². The van der Waals surface area contributed by atoms with E-state index in [-0.39, 0.29) is 0 Å². The number of nitrogens with two attached hydrogens (primary N) is 1. The summed E-state index contributed by atoms with van der Waals surface area (Å²) in [7, 11) is 0. The monoisotopic (exact) mass is 221 g/mol. The van der Waals surface area contributed by atoms with Gasteiger partial charge in [0.25, 0.3) is 0 Å². The number of aromatic nitrogens is 1. The molecule has 16 heavy (non-hydrogen) atoms. The van der Waals surface area contributed by atoms with Crippen molar-refractivity contribution in [2.45, 2.75) is 32.3 Å². The summed E-state index contributed by atoms with van der Waals surface area (Å²) in [4.78, 5) is 4.36. The minimum atomic E-state index is 0.415. The van der Waals surface area contributed by atoms with Crippen molar-refractivity contribution in [3.05, 3.63) is 17.8 Å². The number of nitrogens with zero attached hydrogens (tertiary/aromatic N) is 1. The largest absolute Gasteiger partial charge is 0.396 e. The maximum Gasteiger partial charge on any atom is 0.149 e. The number of rotatable bonds is 4. The van der Waals surface area contributed by atoms with Gasteiger partial charge >= 0.3 is 0 Å². The van der Waals surface area contributed by atoms with Crippen LogP contribution in [-0.2, 0) is 4.74 Å². The highest BCUT2D eigenvalue weighted by atomic mass is 16.5. The third-order valence-corrected chi connectivity index (χ3v) is 2.85. The molecule has 0 saturated carbocycles. The quantitative estimate of drug-likeness (QED) is 0.816. The number of nitrogen functional groups attached to an aromatic ring is 1. The fourth-order valence-corrected chi connectivity index (χ4v) is 1.93. The molecule has 1 aliphatic rings. The number of ether oxygens (including phenoxy) is 1. The van der Waals surface area contributed by atoms with Crippen molar-refractivity contribution >= 4 is 11.5 Å². The first-order valence-corrected chi connectivity index (χ1v) is 5.84. The summed E-state index contributed by atoms with van der Waals surface area (Å²) in [6.07, 6.45) is 3.81. The normalized spacial score (nSPS) is 19.9. The summed E-state index contributed by atoms with van der Waals surface area (Å²) in [5, 5.41) is 3.26. The van der Waals surface area contributed by atoms with Gasteiger partial charge in [-0.3, -0.25) is 0 Å². The van der Waals surface area contributed by atoms with Gasteiger partial charge in [-0.25, -0.2) is 4.98 Å². The number of anilines is 2. The molecule has 1 saturated heterocycles. The van der Waals surface area contributed by atoms with Crippen LogP contribution in [0.4, 0.5) is 11.5 Å². The molecule has 2 rings (SSSR count). The van der Waals surface area contributed by atoms with Crippen LogP contribution in [0.3, 0.4) is 0 Å². The highest BCUT2D eigenvalue weighted by Crippen LogP contribution is 2.18. The van der Waals surface area contributed by atoms with Crippen LogP contribution < -0.4 is 11.1 Å². The molecular formula is C12H19N3O. The Morgan fingerprint density at radius 1 is 1.56 bits per heavy atom. The van der Waals surface area contributed by atoms with Crippen LogP contribution in [0.1, 0.15) is 25.0 Å². The van der Waals surface area contributed by atoms with Crippen molar-refractivity contribution < 1.29 is 4.74 Å². The van der Waals surface area contributed by atoms with Crippen molar-refractivity contribution in [2.24, 2.45) is 0 Å². The summed E-state index contributed by atoms with van der Waals surface area (Å²) in [6, 6.07) is 3.80. The van der Waals surface area contributed by atoms with Crippen LogP contribution in [0, 0.1) is 6.92 Å². The van der Waals surface area contributed by atoms with Crippen molar-refractivity contribution in [3.8, 4) is 0 Å². The van der Waals surface area contributed by atoms with Crippen LogP contribution in [0.5, 0.6) is 0 Å². The van der Waals surface area contributed by atoms with Gasteiger partial charge in [0.1, 0.15) is 5.82 Å². The molecule has 0 aromatic carbocycles. The zero-order valence-electron chi connectivity index (χ0n) is 9.70. The van der Waals surface area contributed by atoms with Crippen molar-refractivity contribution in [1.82, 2.24) is 4.98 Å². The molecule has 1 aromatic rings. The average Bonchev–Trinajstić information content (AvgIpc) is 2.76. The molecule has 0 aliphatic carbocycles. The third-order valence-electron chi connectivity index (χ3n) is 2.85. The van der Waals surface area contributed by atoms with Gasteiger partial charge in [-0.15, -0.1) is 0 Å². The van der Waals surface area contributed by atoms with E-state index < -0.39 is 0 Å². The lowest BCUT2D eigenvalue weighted by Crippen LogP contribution is -2.14. The van der Waals surface area contributed by atoms with Crippen LogP contribution in [-0.4, -0.2) is 24.2 Å². The molecule has 0 spiro atoms. The Balaban J connectivity index is 1.82. The second-order valence-corrected chi connectivity index (χ2v) is 4.24. The van der Waals surface area contributed by atoms with Gasteiger partial charge in [-0.1, -0.05) is 0 Å². The van der Waals surface area contributed by atoms with Crippen molar-refractivity contribution in [2.75, 3.05) is 24.2 Å². The molecule has 0 amide bonds. The van der Waals surface area contributed by atoms with Gasteiger partial charge in [0.05, 0.1) is 11.8 Å². The predicted octanol–water partition coefficient (Wildman–Crippen LogP) is 1.95. The fraction of sp³-hybridized carbons (Fsp3) is 0.583. The fourth-order valence-electron chi connectivity index (χ4n) is 1.93. The highest BCUT2D eigenvalue weighted by molar-refractivity contribution is 5.61. The first kappa shape index (κ1) is 11.2. The molecule has 3 N–H and O–H groups in total. The number of aryl methyl sites for hydroxylation is 1. The van der Waals surface area contributed by atoms with Gasteiger partial charge in [0.2, 0.25) is 0 Å². The zero-order chi connectivity index (χ0) is 11.4.